The number of fused-ring (bicyclic) bond motifs is 1. The molecule has 0 bridgehead atoms. The highest BCUT2D eigenvalue weighted by Crippen LogP contribution is 2.45. The van der Waals surface area contributed by atoms with Crippen molar-refractivity contribution in [1.29, 1.82) is 0 Å². The van der Waals surface area contributed by atoms with Crippen LogP contribution in [0.1, 0.15) is 24.5 Å². The quantitative estimate of drug-likeness (QED) is 0.636. The van der Waals surface area contributed by atoms with E-state index in [-0.39, 0.29) is 16.8 Å². The van der Waals surface area contributed by atoms with Crippen LogP contribution in [-0.2, 0) is 16.9 Å². The first kappa shape index (κ1) is 15.9. The molecule has 3 heterocycles. The molecular formula is C15H16N6O3S. The summed E-state index contributed by atoms with van der Waals surface area (Å²) in [6.45, 7) is 0. The van der Waals surface area contributed by atoms with Gasteiger partial charge in [0.15, 0.2) is 26.3 Å². The highest BCUT2D eigenvalue weighted by Gasteiger charge is 2.32. The molecule has 1 saturated carbocycles. The van der Waals surface area contributed by atoms with Crippen molar-refractivity contribution in [3.05, 3.63) is 18.3 Å². The molecular weight excluding hydrogens is 344 g/mol. The van der Waals surface area contributed by atoms with Gasteiger partial charge in [0.2, 0.25) is 5.88 Å². The van der Waals surface area contributed by atoms with Crippen molar-refractivity contribution < 1.29 is 13.2 Å². The summed E-state index contributed by atoms with van der Waals surface area (Å²) in [4.78, 5) is 21.5. The zero-order valence-electron chi connectivity index (χ0n) is 14.0. The Morgan fingerprint density at radius 2 is 1.96 bits per heavy atom. The summed E-state index contributed by atoms with van der Waals surface area (Å²) in [6, 6.07) is 0. The Balaban J connectivity index is 2.07. The van der Waals surface area contributed by atoms with Crippen LogP contribution in [0.5, 0.6) is 5.88 Å². The molecule has 0 atom stereocenters. The minimum atomic E-state index is -3.58. The number of ether oxygens (including phenoxy) is 1. The molecule has 0 aliphatic heterocycles. The molecule has 4 rings (SSSR count). The minimum Gasteiger partial charge on any atom is -0.480 e. The SMILES string of the molecule is COc1ncnc(C2CC2)c1-c1nc(S(C)(=O)=O)c2c(ncn2C)n1. The van der Waals surface area contributed by atoms with E-state index >= 15 is 0 Å². The van der Waals surface area contributed by atoms with Crippen LogP contribution in [0.3, 0.4) is 0 Å². The first-order chi connectivity index (χ1) is 11.9. The summed E-state index contributed by atoms with van der Waals surface area (Å²) in [7, 11) is -0.380. The molecule has 0 N–H and O–H groups in total. The summed E-state index contributed by atoms with van der Waals surface area (Å²) < 4.78 is 31.5. The van der Waals surface area contributed by atoms with Crippen molar-refractivity contribution in [2.45, 2.75) is 23.8 Å². The Kier molecular flexibility index (Phi) is 3.46. The van der Waals surface area contributed by atoms with Gasteiger partial charge in [-0.05, 0) is 12.8 Å². The van der Waals surface area contributed by atoms with Crippen LogP contribution in [0.2, 0.25) is 0 Å². The number of nitrogens with zero attached hydrogens (tertiary/aromatic N) is 6. The molecule has 1 fully saturated rings. The maximum Gasteiger partial charge on any atom is 0.227 e. The number of hydrogen-bond acceptors (Lipinski definition) is 8. The molecule has 130 valence electrons. The number of sulfone groups is 1. The summed E-state index contributed by atoms with van der Waals surface area (Å²) in [5.41, 5.74) is 1.99. The van der Waals surface area contributed by atoms with Crippen LogP contribution in [0.25, 0.3) is 22.6 Å². The van der Waals surface area contributed by atoms with E-state index in [1.165, 1.54) is 19.8 Å². The van der Waals surface area contributed by atoms with E-state index in [1.807, 2.05) is 0 Å². The Morgan fingerprint density at radius 3 is 2.60 bits per heavy atom. The van der Waals surface area contributed by atoms with Gasteiger partial charge in [0.05, 0.1) is 19.1 Å². The monoisotopic (exact) mass is 360 g/mol. The van der Waals surface area contributed by atoms with Crippen molar-refractivity contribution in [3.8, 4) is 17.3 Å². The number of methoxy groups -OCH3 is 1. The van der Waals surface area contributed by atoms with Crippen LogP contribution in [0.4, 0.5) is 0 Å². The molecule has 10 heteroatoms. The largest absolute Gasteiger partial charge is 0.480 e. The minimum absolute atomic E-state index is 0.0693. The first-order valence-electron chi connectivity index (χ1n) is 7.68. The van der Waals surface area contributed by atoms with Crippen molar-refractivity contribution >= 4 is 21.0 Å². The lowest BCUT2D eigenvalue weighted by molar-refractivity contribution is 0.397. The number of aryl methyl sites for hydroxylation is 1. The topological polar surface area (TPSA) is 113 Å². The molecule has 0 spiro atoms. The Morgan fingerprint density at radius 1 is 1.20 bits per heavy atom. The maximum absolute atomic E-state index is 12.3. The number of aromatic nitrogens is 6. The van der Waals surface area contributed by atoms with Crippen molar-refractivity contribution in [3.63, 3.8) is 0 Å². The third-order valence-corrected chi connectivity index (χ3v) is 5.10. The second kappa shape index (κ2) is 5.45. The lowest BCUT2D eigenvalue weighted by atomic mass is 10.1. The van der Waals surface area contributed by atoms with Crippen LogP contribution < -0.4 is 4.74 Å². The van der Waals surface area contributed by atoms with Gasteiger partial charge in [0, 0.05) is 19.2 Å². The fourth-order valence-electron chi connectivity index (χ4n) is 2.80. The predicted octanol–water partition coefficient (Wildman–Crippen LogP) is 1.11. The number of rotatable bonds is 4. The predicted molar refractivity (Wildman–Crippen MR) is 89.0 cm³/mol. The van der Waals surface area contributed by atoms with Gasteiger partial charge in [-0.1, -0.05) is 0 Å². The van der Waals surface area contributed by atoms with E-state index in [0.717, 1.165) is 24.8 Å². The van der Waals surface area contributed by atoms with Crippen molar-refractivity contribution in [1.82, 2.24) is 29.5 Å². The van der Waals surface area contributed by atoms with E-state index in [9.17, 15) is 8.42 Å². The van der Waals surface area contributed by atoms with E-state index in [1.54, 1.807) is 11.6 Å². The van der Waals surface area contributed by atoms with Crippen LogP contribution in [-0.4, -0.2) is 51.3 Å². The molecule has 25 heavy (non-hydrogen) atoms. The van der Waals surface area contributed by atoms with E-state index in [4.69, 9.17) is 4.74 Å². The molecule has 0 radical (unpaired) electrons. The fraction of sp³-hybridized carbons (Fsp3) is 0.400. The normalized spacial score (nSPS) is 14.8. The first-order valence-corrected chi connectivity index (χ1v) is 9.57. The van der Waals surface area contributed by atoms with E-state index in [0.29, 0.717) is 22.6 Å². The second-order valence-electron chi connectivity index (χ2n) is 6.07. The molecule has 0 amide bonds. The second-order valence-corrected chi connectivity index (χ2v) is 8.00. The summed E-state index contributed by atoms with van der Waals surface area (Å²) in [6.07, 6.45) is 6.09. The molecule has 0 unspecified atom stereocenters. The zero-order valence-corrected chi connectivity index (χ0v) is 14.8. The van der Waals surface area contributed by atoms with Crippen LogP contribution in [0, 0.1) is 0 Å². The fourth-order valence-corrected chi connectivity index (χ4v) is 3.64. The lowest BCUT2D eigenvalue weighted by Gasteiger charge is -2.11. The molecule has 3 aromatic heterocycles. The summed E-state index contributed by atoms with van der Waals surface area (Å²) in [5, 5.41) is -0.0693. The van der Waals surface area contributed by atoms with Crippen LogP contribution >= 0.6 is 0 Å². The standard InChI is InChI=1S/C15H16N6O3S/c1-21-7-18-13-11(21)15(25(3,22)23)20-12(19-13)9-10(8-4-5-8)16-6-17-14(9)24-2/h6-8H,4-5H2,1-3H3. The van der Waals surface area contributed by atoms with E-state index < -0.39 is 9.84 Å². The van der Waals surface area contributed by atoms with Gasteiger partial charge in [-0.25, -0.2) is 33.3 Å². The van der Waals surface area contributed by atoms with Gasteiger partial charge in [0.1, 0.15) is 17.4 Å². The average Bonchev–Trinajstić information content (AvgIpc) is 3.36. The zero-order chi connectivity index (χ0) is 17.8. The summed E-state index contributed by atoms with van der Waals surface area (Å²) >= 11 is 0. The molecule has 0 saturated heterocycles. The molecule has 3 aromatic rings. The highest BCUT2D eigenvalue weighted by atomic mass is 32.2. The van der Waals surface area contributed by atoms with Gasteiger partial charge < -0.3 is 9.30 Å². The average molecular weight is 360 g/mol. The Labute approximate surface area is 144 Å². The van der Waals surface area contributed by atoms with Gasteiger partial charge >= 0.3 is 0 Å². The number of imidazole rings is 1. The van der Waals surface area contributed by atoms with Crippen molar-refractivity contribution in [2.75, 3.05) is 13.4 Å². The lowest BCUT2D eigenvalue weighted by Crippen LogP contribution is -2.08. The molecule has 1 aliphatic carbocycles. The molecule has 9 nitrogen and oxygen atoms in total. The molecule has 1 aliphatic rings. The summed E-state index contributed by atoms with van der Waals surface area (Å²) in [5.74, 6) is 0.828. The maximum atomic E-state index is 12.3. The van der Waals surface area contributed by atoms with Gasteiger partial charge in [-0.3, -0.25) is 0 Å². The van der Waals surface area contributed by atoms with Gasteiger partial charge in [-0.15, -0.1) is 0 Å². The van der Waals surface area contributed by atoms with Crippen LogP contribution in [0.15, 0.2) is 17.7 Å². The Hall–Kier alpha value is -2.62. The highest BCUT2D eigenvalue weighted by molar-refractivity contribution is 7.90. The smallest absolute Gasteiger partial charge is 0.227 e. The Bertz CT molecular complexity index is 1090. The van der Waals surface area contributed by atoms with E-state index in [2.05, 4.69) is 24.9 Å². The number of hydrogen-bond donors (Lipinski definition) is 0. The van der Waals surface area contributed by atoms with Gasteiger partial charge in [0.25, 0.3) is 0 Å². The molecule has 0 aromatic carbocycles. The third-order valence-electron chi connectivity index (χ3n) is 4.11. The third kappa shape index (κ3) is 2.62. The van der Waals surface area contributed by atoms with Crippen molar-refractivity contribution in [2.24, 2.45) is 7.05 Å². The van der Waals surface area contributed by atoms with Gasteiger partial charge in [-0.2, -0.15) is 0 Å².